The van der Waals surface area contributed by atoms with Gasteiger partial charge in [-0.25, -0.2) is 4.39 Å². The lowest BCUT2D eigenvalue weighted by Crippen LogP contribution is -2.45. The number of ether oxygens (including phenoxy) is 2. The second-order valence-corrected chi connectivity index (χ2v) is 6.30. The van der Waals surface area contributed by atoms with E-state index in [1.807, 2.05) is 13.8 Å². The Morgan fingerprint density at radius 1 is 1.27 bits per heavy atom. The second kappa shape index (κ2) is 9.15. The van der Waals surface area contributed by atoms with Crippen LogP contribution in [0.25, 0.3) is 0 Å². The van der Waals surface area contributed by atoms with Crippen molar-refractivity contribution in [2.45, 2.75) is 26.0 Å². The zero-order valence-corrected chi connectivity index (χ0v) is 15.5. The maximum Gasteiger partial charge on any atom is 0.191 e. The van der Waals surface area contributed by atoms with Gasteiger partial charge in [0.05, 0.1) is 11.8 Å². The average molecular weight is 360 g/mol. The summed E-state index contributed by atoms with van der Waals surface area (Å²) >= 11 is 0. The summed E-state index contributed by atoms with van der Waals surface area (Å²) in [6, 6.07) is 8.29. The summed E-state index contributed by atoms with van der Waals surface area (Å²) in [6.45, 7) is 4.97. The number of methoxy groups -OCH3 is 1. The molecule has 0 amide bonds. The summed E-state index contributed by atoms with van der Waals surface area (Å²) in [5.74, 6) is 0.830. The van der Waals surface area contributed by atoms with Crippen molar-refractivity contribution in [2.75, 3.05) is 20.7 Å². The van der Waals surface area contributed by atoms with E-state index < -0.39 is 5.82 Å². The first-order valence-corrected chi connectivity index (χ1v) is 8.29. The molecule has 0 atom stereocenters. The summed E-state index contributed by atoms with van der Waals surface area (Å²) in [7, 11) is 3.34. The third-order valence-electron chi connectivity index (χ3n) is 3.78. The molecule has 0 radical (unpaired) electrons. The van der Waals surface area contributed by atoms with Crippen molar-refractivity contribution in [3.05, 3.63) is 54.1 Å². The zero-order chi connectivity index (χ0) is 19.0. The Labute approximate surface area is 153 Å². The fourth-order valence-electron chi connectivity index (χ4n) is 2.05. The highest BCUT2D eigenvalue weighted by Gasteiger charge is 2.16. The third-order valence-corrected chi connectivity index (χ3v) is 3.78. The fourth-order valence-corrected chi connectivity index (χ4v) is 2.05. The van der Waals surface area contributed by atoms with Gasteiger partial charge < -0.3 is 20.1 Å². The Morgan fingerprint density at radius 3 is 2.69 bits per heavy atom. The maximum absolute atomic E-state index is 14.3. The van der Waals surface area contributed by atoms with Gasteiger partial charge in [0, 0.05) is 33.4 Å². The number of nitrogens with zero attached hydrogens (tertiary/aromatic N) is 2. The minimum atomic E-state index is -0.434. The smallest absolute Gasteiger partial charge is 0.191 e. The summed E-state index contributed by atoms with van der Waals surface area (Å²) < 4.78 is 25.1. The summed E-state index contributed by atoms with van der Waals surface area (Å²) in [6.07, 6.45) is 3.17. The van der Waals surface area contributed by atoms with Crippen molar-refractivity contribution >= 4 is 5.96 Å². The van der Waals surface area contributed by atoms with Gasteiger partial charge in [0.25, 0.3) is 0 Å². The zero-order valence-electron chi connectivity index (χ0n) is 15.5. The first kappa shape index (κ1) is 19.7. The largest absolute Gasteiger partial charge is 0.453 e. The van der Waals surface area contributed by atoms with Crippen LogP contribution in [0.5, 0.6) is 11.5 Å². The lowest BCUT2D eigenvalue weighted by atomic mass is 10.1. The van der Waals surface area contributed by atoms with Crippen LogP contribution in [0, 0.1) is 5.82 Å². The molecule has 0 aliphatic heterocycles. The van der Waals surface area contributed by atoms with Crippen LogP contribution in [-0.2, 0) is 11.3 Å². The monoisotopic (exact) mass is 360 g/mol. The molecular formula is C19H25FN4O2. The van der Waals surface area contributed by atoms with E-state index in [4.69, 9.17) is 9.47 Å². The van der Waals surface area contributed by atoms with Gasteiger partial charge in [-0.05, 0) is 43.7 Å². The fraction of sp³-hybridized carbons (Fsp3) is 0.368. The number of hydrogen-bond donors (Lipinski definition) is 2. The number of benzene rings is 1. The molecule has 26 heavy (non-hydrogen) atoms. The van der Waals surface area contributed by atoms with Gasteiger partial charge in [-0.1, -0.05) is 6.07 Å². The molecule has 140 valence electrons. The van der Waals surface area contributed by atoms with Gasteiger partial charge in [0.1, 0.15) is 5.75 Å². The molecule has 0 unspecified atom stereocenters. The summed E-state index contributed by atoms with van der Waals surface area (Å²) in [5, 5.41) is 6.32. The van der Waals surface area contributed by atoms with Crippen LogP contribution >= 0.6 is 0 Å². The van der Waals surface area contributed by atoms with Crippen LogP contribution in [0.2, 0.25) is 0 Å². The van der Waals surface area contributed by atoms with E-state index in [-0.39, 0.29) is 11.4 Å². The van der Waals surface area contributed by atoms with Gasteiger partial charge in [-0.2, -0.15) is 0 Å². The second-order valence-electron chi connectivity index (χ2n) is 6.30. The molecule has 0 fully saturated rings. The van der Waals surface area contributed by atoms with Crippen LogP contribution in [0.15, 0.2) is 47.7 Å². The standard InChI is InChI=1S/C19H25FN4O2/c1-19(2,25-4)13-24-18(21-3)23-11-14-7-8-17(16(20)10-14)26-15-6-5-9-22-12-15/h5-10,12H,11,13H2,1-4H3,(H2,21,23,24). The number of aromatic nitrogens is 1. The number of guanidine groups is 1. The molecule has 0 spiro atoms. The quantitative estimate of drug-likeness (QED) is 0.587. The minimum Gasteiger partial charge on any atom is -0.453 e. The summed E-state index contributed by atoms with van der Waals surface area (Å²) in [4.78, 5) is 8.09. The van der Waals surface area contributed by atoms with Crippen LogP contribution in [0.4, 0.5) is 4.39 Å². The third kappa shape index (κ3) is 6.00. The average Bonchev–Trinajstić information content (AvgIpc) is 2.65. The molecule has 2 aromatic rings. The topological polar surface area (TPSA) is 67.8 Å². The Bertz CT molecular complexity index is 736. The Kier molecular flexibility index (Phi) is 6.91. The van der Waals surface area contributed by atoms with Gasteiger partial charge in [0.2, 0.25) is 0 Å². The Morgan fingerprint density at radius 2 is 2.08 bits per heavy atom. The number of rotatable bonds is 7. The van der Waals surface area contributed by atoms with Gasteiger partial charge in [0.15, 0.2) is 17.5 Å². The molecule has 1 heterocycles. The van der Waals surface area contributed by atoms with Gasteiger partial charge in [-0.15, -0.1) is 0 Å². The maximum atomic E-state index is 14.3. The van der Waals surface area contributed by atoms with Gasteiger partial charge in [-0.3, -0.25) is 9.98 Å². The van der Waals surface area contributed by atoms with Crippen LogP contribution in [0.3, 0.4) is 0 Å². The predicted molar refractivity (Wildman–Crippen MR) is 100 cm³/mol. The number of nitrogens with one attached hydrogen (secondary N) is 2. The highest BCUT2D eigenvalue weighted by Crippen LogP contribution is 2.24. The molecule has 2 rings (SSSR count). The van der Waals surface area contributed by atoms with E-state index >= 15 is 0 Å². The van der Waals surface area contributed by atoms with Crippen LogP contribution in [0.1, 0.15) is 19.4 Å². The van der Waals surface area contributed by atoms with Crippen LogP contribution < -0.4 is 15.4 Å². The lowest BCUT2D eigenvalue weighted by Gasteiger charge is -2.24. The predicted octanol–water partition coefficient (Wildman–Crippen LogP) is 3.10. The first-order valence-electron chi connectivity index (χ1n) is 8.29. The van der Waals surface area contributed by atoms with Crippen molar-refractivity contribution in [3.63, 3.8) is 0 Å². The molecule has 0 bridgehead atoms. The molecule has 1 aromatic heterocycles. The lowest BCUT2D eigenvalue weighted by molar-refractivity contribution is 0.0268. The van der Waals surface area contributed by atoms with Crippen molar-refractivity contribution in [1.82, 2.24) is 15.6 Å². The summed E-state index contributed by atoms with van der Waals surface area (Å²) in [5.41, 5.74) is 0.463. The number of halogens is 1. The van der Waals surface area contributed by atoms with E-state index in [0.717, 1.165) is 5.56 Å². The van der Waals surface area contributed by atoms with E-state index in [1.54, 1.807) is 44.6 Å². The van der Waals surface area contributed by atoms with Crippen molar-refractivity contribution in [3.8, 4) is 11.5 Å². The highest BCUT2D eigenvalue weighted by molar-refractivity contribution is 5.79. The Hall–Kier alpha value is -2.67. The first-order chi connectivity index (χ1) is 12.4. The molecule has 2 N–H and O–H groups in total. The number of hydrogen-bond acceptors (Lipinski definition) is 4. The van der Waals surface area contributed by atoms with E-state index in [1.165, 1.54) is 12.3 Å². The van der Waals surface area contributed by atoms with E-state index in [9.17, 15) is 4.39 Å². The SMILES string of the molecule is CN=C(NCc1ccc(Oc2cccnc2)c(F)c1)NCC(C)(C)OC. The molecule has 1 aromatic carbocycles. The molecule has 0 aliphatic rings. The number of pyridine rings is 1. The molecule has 0 aliphatic carbocycles. The molecular weight excluding hydrogens is 335 g/mol. The molecule has 0 saturated heterocycles. The van der Waals surface area contributed by atoms with Gasteiger partial charge >= 0.3 is 0 Å². The van der Waals surface area contributed by atoms with E-state index in [0.29, 0.717) is 24.8 Å². The van der Waals surface area contributed by atoms with Crippen molar-refractivity contribution in [1.29, 1.82) is 0 Å². The number of aliphatic imine (C=N–C) groups is 1. The van der Waals surface area contributed by atoms with Crippen molar-refractivity contribution < 1.29 is 13.9 Å². The Balaban J connectivity index is 1.92. The highest BCUT2D eigenvalue weighted by atomic mass is 19.1. The molecule has 0 saturated carbocycles. The minimum absolute atomic E-state index is 0.158. The van der Waals surface area contributed by atoms with E-state index in [2.05, 4.69) is 20.6 Å². The normalized spacial score (nSPS) is 12.0. The molecule has 6 nitrogen and oxygen atoms in total. The van der Waals surface area contributed by atoms with Crippen LogP contribution in [-0.4, -0.2) is 37.2 Å². The molecule has 7 heteroatoms. The van der Waals surface area contributed by atoms with Crippen molar-refractivity contribution in [2.24, 2.45) is 4.99 Å².